The number of nitrogens with zero attached hydrogens (tertiary/aromatic N) is 1. The molecule has 0 spiro atoms. The quantitative estimate of drug-likeness (QED) is 0.612. The van der Waals surface area contributed by atoms with E-state index < -0.39 is 0 Å². The monoisotopic (exact) mass is 133 g/mol. The highest BCUT2D eigenvalue weighted by Gasteiger charge is 1.80. The third-order valence-corrected chi connectivity index (χ3v) is 1.04. The zero-order valence-corrected chi connectivity index (χ0v) is 5.62. The molecule has 0 saturated carbocycles. The van der Waals surface area contributed by atoms with Crippen LogP contribution in [-0.4, -0.2) is 9.97 Å². The van der Waals surface area contributed by atoms with Crippen molar-refractivity contribution in [3.63, 3.8) is 0 Å². The van der Waals surface area contributed by atoms with Gasteiger partial charge in [0, 0.05) is 0 Å². The summed E-state index contributed by atoms with van der Waals surface area (Å²) in [6, 6.07) is 0. The van der Waals surface area contributed by atoms with Crippen LogP contribution in [-0.2, 0) is 0 Å². The molecule has 1 radical (unpaired) electrons. The first-order valence-electron chi connectivity index (χ1n) is 3.04. The van der Waals surface area contributed by atoms with Crippen molar-refractivity contribution in [2.24, 2.45) is 0 Å². The van der Waals surface area contributed by atoms with Gasteiger partial charge >= 0.3 is 0 Å². The average Bonchev–Trinajstić information content (AvgIpc) is 2.41. The second-order valence-corrected chi connectivity index (χ2v) is 1.79. The minimum absolute atomic E-state index is 0.998. The normalized spacial score (nSPS) is 11.7. The van der Waals surface area contributed by atoms with Crippen LogP contribution in [0.4, 0.5) is 0 Å². The van der Waals surface area contributed by atoms with E-state index in [2.05, 4.69) is 16.9 Å². The first-order chi connectivity index (χ1) is 4.93. The lowest BCUT2D eigenvalue weighted by atomic mass is 10.4. The molecule has 0 unspecified atom stereocenters. The maximum absolute atomic E-state index is 3.85. The van der Waals surface area contributed by atoms with Crippen molar-refractivity contribution in [1.82, 2.24) is 9.97 Å². The highest BCUT2D eigenvalue weighted by molar-refractivity contribution is 5.45. The predicted molar refractivity (Wildman–Crippen MR) is 42.1 cm³/mol. The first-order valence-corrected chi connectivity index (χ1v) is 3.04. The summed E-state index contributed by atoms with van der Waals surface area (Å²) in [5, 5.41) is 0. The average molecular weight is 133 g/mol. The van der Waals surface area contributed by atoms with E-state index in [1.165, 1.54) is 0 Å². The van der Waals surface area contributed by atoms with E-state index in [4.69, 9.17) is 0 Å². The van der Waals surface area contributed by atoms with Gasteiger partial charge in [0.15, 0.2) is 0 Å². The zero-order valence-electron chi connectivity index (χ0n) is 5.62. The lowest BCUT2D eigenvalue weighted by Crippen LogP contribution is -1.64. The third kappa shape index (κ3) is 1.90. The maximum Gasteiger partial charge on any atom is 0.0924 e. The molecule has 1 aromatic rings. The number of allylic oxidation sites excluding steroid dienone is 3. The van der Waals surface area contributed by atoms with Crippen LogP contribution >= 0.6 is 0 Å². The van der Waals surface area contributed by atoms with Crippen molar-refractivity contribution >= 4 is 6.08 Å². The molecule has 0 atom stereocenters. The van der Waals surface area contributed by atoms with Gasteiger partial charge in [-0.1, -0.05) is 18.2 Å². The number of hydrogen-bond acceptors (Lipinski definition) is 1. The molecule has 1 rings (SSSR count). The summed E-state index contributed by atoms with van der Waals surface area (Å²) in [4.78, 5) is 6.80. The molecule has 1 N–H and O–H groups in total. The Morgan fingerprint density at radius 3 is 3.00 bits per heavy atom. The Labute approximate surface area is 60.3 Å². The Morgan fingerprint density at radius 1 is 1.50 bits per heavy atom. The van der Waals surface area contributed by atoms with Gasteiger partial charge in [-0.2, -0.15) is 0 Å². The predicted octanol–water partition coefficient (Wildman–Crippen LogP) is 1.81. The molecule has 1 heterocycles. The van der Waals surface area contributed by atoms with Crippen molar-refractivity contribution in [1.29, 1.82) is 0 Å². The standard InChI is InChI=1S/C8H9N2/c1-2-3-4-5-8-6-9-7-10-8/h2-7H,1H2,(H,9,10). The van der Waals surface area contributed by atoms with E-state index in [-0.39, 0.29) is 0 Å². The smallest absolute Gasteiger partial charge is 0.0924 e. The molecule has 0 aromatic carbocycles. The molecule has 0 aliphatic heterocycles. The van der Waals surface area contributed by atoms with Crippen LogP contribution < -0.4 is 0 Å². The van der Waals surface area contributed by atoms with Crippen molar-refractivity contribution < 1.29 is 0 Å². The Hall–Kier alpha value is -1.31. The van der Waals surface area contributed by atoms with Crippen LogP contribution in [0.3, 0.4) is 0 Å². The van der Waals surface area contributed by atoms with Gasteiger partial charge in [-0.05, 0) is 13.0 Å². The van der Waals surface area contributed by atoms with Crippen molar-refractivity contribution in [2.75, 3.05) is 0 Å². The number of rotatable bonds is 2. The summed E-state index contributed by atoms with van der Waals surface area (Å²) in [6.07, 6.45) is 10.8. The molecule has 0 amide bonds. The van der Waals surface area contributed by atoms with E-state index in [1.54, 1.807) is 18.6 Å². The lowest BCUT2D eigenvalue weighted by molar-refractivity contribution is 1.31. The van der Waals surface area contributed by atoms with E-state index in [0.717, 1.165) is 5.69 Å². The molecular formula is C8H9N2. The molecule has 0 aliphatic rings. The van der Waals surface area contributed by atoms with Crippen LogP contribution in [0, 0.1) is 6.92 Å². The highest BCUT2D eigenvalue weighted by atomic mass is 14.8. The summed E-state index contributed by atoms with van der Waals surface area (Å²) in [5.41, 5.74) is 0.998. The fourth-order valence-electron chi connectivity index (χ4n) is 0.596. The molecular weight excluding hydrogens is 124 g/mol. The molecule has 2 heteroatoms. The van der Waals surface area contributed by atoms with Gasteiger partial charge in [0.25, 0.3) is 0 Å². The van der Waals surface area contributed by atoms with E-state index in [0.29, 0.717) is 0 Å². The van der Waals surface area contributed by atoms with E-state index >= 15 is 0 Å². The van der Waals surface area contributed by atoms with Crippen LogP contribution in [0.1, 0.15) is 5.69 Å². The lowest BCUT2D eigenvalue weighted by Gasteiger charge is -1.77. The second-order valence-electron chi connectivity index (χ2n) is 1.79. The zero-order chi connectivity index (χ0) is 7.23. The number of aromatic nitrogens is 2. The summed E-state index contributed by atoms with van der Waals surface area (Å²) in [5.74, 6) is 0. The van der Waals surface area contributed by atoms with E-state index in [1.807, 2.05) is 18.2 Å². The SMILES string of the molecule is [CH2]C=CC=Cc1cnc[nH]1. The Kier molecular flexibility index (Phi) is 2.49. The Bertz CT molecular complexity index is 219. The summed E-state index contributed by atoms with van der Waals surface area (Å²) >= 11 is 0. The number of imidazole rings is 1. The summed E-state index contributed by atoms with van der Waals surface area (Å²) in [7, 11) is 0. The Balaban J connectivity index is 2.55. The summed E-state index contributed by atoms with van der Waals surface area (Å²) in [6.45, 7) is 3.55. The van der Waals surface area contributed by atoms with Crippen LogP contribution in [0.25, 0.3) is 6.08 Å². The second kappa shape index (κ2) is 3.67. The largest absolute Gasteiger partial charge is 0.345 e. The molecule has 0 fully saturated rings. The van der Waals surface area contributed by atoms with Crippen LogP contribution in [0.5, 0.6) is 0 Å². The molecule has 10 heavy (non-hydrogen) atoms. The molecule has 0 saturated heterocycles. The van der Waals surface area contributed by atoms with Crippen molar-refractivity contribution in [3.05, 3.63) is 43.4 Å². The highest BCUT2D eigenvalue weighted by Crippen LogP contribution is 1.93. The Morgan fingerprint density at radius 2 is 2.40 bits per heavy atom. The minimum Gasteiger partial charge on any atom is -0.345 e. The fourth-order valence-corrected chi connectivity index (χ4v) is 0.596. The minimum atomic E-state index is 0.998. The van der Waals surface area contributed by atoms with Gasteiger partial charge in [0.2, 0.25) is 0 Å². The topological polar surface area (TPSA) is 28.7 Å². The van der Waals surface area contributed by atoms with Gasteiger partial charge in [0.1, 0.15) is 0 Å². The summed E-state index contributed by atoms with van der Waals surface area (Å²) < 4.78 is 0. The molecule has 0 aliphatic carbocycles. The molecule has 51 valence electrons. The van der Waals surface area contributed by atoms with Crippen molar-refractivity contribution in [2.45, 2.75) is 0 Å². The number of hydrogen-bond donors (Lipinski definition) is 1. The van der Waals surface area contributed by atoms with E-state index in [9.17, 15) is 0 Å². The third-order valence-electron chi connectivity index (χ3n) is 1.04. The number of nitrogens with one attached hydrogen (secondary N) is 1. The van der Waals surface area contributed by atoms with Gasteiger partial charge in [0.05, 0.1) is 18.2 Å². The number of aromatic amines is 1. The van der Waals surface area contributed by atoms with Crippen LogP contribution in [0.2, 0.25) is 0 Å². The van der Waals surface area contributed by atoms with Gasteiger partial charge < -0.3 is 4.98 Å². The van der Waals surface area contributed by atoms with Crippen LogP contribution in [0.15, 0.2) is 30.8 Å². The molecule has 1 aromatic heterocycles. The van der Waals surface area contributed by atoms with Gasteiger partial charge in [-0.25, -0.2) is 4.98 Å². The molecule has 2 nitrogen and oxygen atoms in total. The number of H-pyrrole nitrogens is 1. The first kappa shape index (κ1) is 6.81. The van der Waals surface area contributed by atoms with Gasteiger partial charge in [-0.15, -0.1) is 0 Å². The van der Waals surface area contributed by atoms with Crippen molar-refractivity contribution in [3.8, 4) is 0 Å². The molecule has 0 bridgehead atoms. The fraction of sp³-hybridized carbons (Fsp3) is 0. The van der Waals surface area contributed by atoms with Gasteiger partial charge in [-0.3, -0.25) is 0 Å². The maximum atomic E-state index is 3.85.